The van der Waals surface area contributed by atoms with Crippen LogP contribution in [0.15, 0.2) is 6.07 Å². The highest BCUT2D eigenvalue weighted by atomic mass is 32.1. The maximum Gasteiger partial charge on any atom is 0.263 e. The maximum absolute atomic E-state index is 12.5. The monoisotopic (exact) mass is 290 g/mol. The summed E-state index contributed by atoms with van der Waals surface area (Å²) in [5, 5.41) is 0. The first-order valence-corrected chi connectivity index (χ1v) is 8.01. The summed E-state index contributed by atoms with van der Waals surface area (Å²) in [7, 11) is 1.93. The largest absolute Gasteiger partial charge is 0.338 e. The van der Waals surface area contributed by atoms with E-state index in [0.29, 0.717) is 12.6 Å². The molecule has 2 rings (SSSR count). The molecule has 1 heterocycles. The highest BCUT2D eigenvalue weighted by Gasteiger charge is 2.24. The number of hydrogen-bond donors (Lipinski definition) is 1. The van der Waals surface area contributed by atoms with Gasteiger partial charge >= 0.3 is 0 Å². The number of aryl methyl sites for hydroxylation is 1. The van der Waals surface area contributed by atoms with Gasteiger partial charge in [0, 0.05) is 13.1 Å². The Morgan fingerprint density at radius 3 is 2.80 bits per heavy atom. The summed E-state index contributed by atoms with van der Waals surface area (Å²) in [6.45, 7) is 2.34. The third kappa shape index (κ3) is 3.41. The Kier molecular flexibility index (Phi) is 5.22. The zero-order valence-electron chi connectivity index (χ0n) is 12.2. The highest BCUT2D eigenvalue weighted by Crippen LogP contribution is 2.26. The lowest BCUT2D eigenvalue weighted by Gasteiger charge is -2.30. The van der Waals surface area contributed by atoms with Crippen LogP contribution in [0.5, 0.6) is 0 Å². The number of carbonyl (C=O) groups is 1. The van der Waals surface area contributed by atoms with Gasteiger partial charge in [-0.3, -0.25) is 4.79 Å². The predicted molar refractivity (Wildman–Crippen MR) is 84.0 cm³/mol. The smallest absolute Gasteiger partial charge is 0.263 e. The van der Waals surface area contributed by atoms with E-state index in [-0.39, 0.29) is 5.91 Å². The molecule has 0 spiro atoms. The van der Waals surface area contributed by atoms with Crippen molar-refractivity contribution in [1.29, 1.82) is 0 Å². The van der Waals surface area contributed by atoms with Gasteiger partial charge in [-0.1, -0.05) is 31.1 Å². The molecule has 4 heteroatoms. The van der Waals surface area contributed by atoms with Crippen molar-refractivity contribution in [2.75, 3.05) is 13.6 Å². The fraction of sp³-hybridized carbons (Fsp3) is 0.562. The Morgan fingerprint density at radius 1 is 1.45 bits per heavy atom. The average molecular weight is 290 g/mol. The summed E-state index contributed by atoms with van der Waals surface area (Å²) in [6.07, 6.45) is 6.03. The summed E-state index contributed by atoms with van der Waals surface area (Å²) >= 11 is 1.48. The van der Waals surface area contributed by atoms with Crippen molar-refractivity contribution in [3.63, 3.8) is 0 Å². The Morgan fingerprint density at radius 2 is 2.15 bits per heavy atom. The molecule has 0 bridgehead atoms. The Bertz CT molecular complexity index is 532. The quantitative estimate of drug-likeness (QED) is 0.851. The van der Waals surface area contributed by atoms with Gasteiger partial charge in [0.1, 0.15) is 0 Å². The summed E-state index contributed by atoms with van der Waals surface area (Å²) in [6, 6.07) is 2.35. The van der Waals surface area contributed by atoms with E-state index >= 15 is 0 Å². The van der Waals surface area contributed by atoms with Gasteiger partial charge in [0.25, 0.3) is 5.91 Å². The second kappa shape index (κ2) is 6.92. The van der Waals surface area contributed by atoms with E-state index < -0.39 is 0 Å². The number of rotatable bonds is 2. The summed E-state index contributed by atoms with van der Waals surface area (Å²) in [4.78, 5) is 16.2. The molecule has 1 aliphatic carbocycles. The van der Waals surface area contributed by atoms with Gasteiger partial charge in [0.05, 0.1) is 16.3 Å². The normalized spacial score (nSPS) is 15.6. The molecule has 1 aliphatic rings. The van der Waals surface area contributed by atoms with Gasteiger partial charge in [0.2, 0.25) is 0 Å². The van der Waals surface area contributed by atoms with E-state index in [1.54, 1.807) is 0 Å². The first kappa shape index (κ1) is 15.1. The van der Waals surface area contributed by atoms with E-state index in [1.807, 2.05) is 24.9 Å². The number of thiophene rings is 1. The van der Waals surface area contributed by atoms with Crippen molar-refractivity contribution in [1.82, 2.24) is 4.90 Å². The molecule has 2 N–H and O–H groups in total. The van der Waals surface area contributed by atoms with E-state index in [2.05, 4.69) is 11.8 Å². The zero-order valence-corrected chi connectivity index (χ0v) is 13.1. The third-order valence-electron chi connectivity index (χ3n) is 3.88. The van der Waals surface area contributed by atoms with Crippen LogP contribution < -0.4 is 5.73 Å². The molecule has 1 fully saturated rings. The molecular formula is C16H22N2OS. The molecule has 1 amide bonds. The molecule has 0 atom stereocenters. The Hall–Kier alpha value is -1.31. The number of nitrogens with two attached hydrogens (primary N) is 1. The SMILES string of the molecule is Cc1cc(C(=O)N(C)C2CCCCC2)sc1C#CCN. The minimum atomic E-state index is 0.130. The van der Waals surface area contributed by atoms with Crippen LogP contribution in [0.25, 0.3) is 0 Å². The van der Waals surface area contributed by atoms with Crippen molar-refractivity contribution in [2.24, 2.45) is 5.73 Å². The van der Waals surface area contributed by atoms with Gasteiger partial charge < -0.3 is 10.6 Å². The fourth-order valence-electron chi connectivity index (χ4n) is 2.65. The topological polar surface area (TPSA) is 46.3 Å². The third-order valence-corrected chi connectivity index (χ3v) is 5.02. The van der Waals surface area contributed by atoms with Crippen molar-refractivity contribution in [3.8, 4) is 11.8 Å². The lowest BCUT2D eigenvalue weighted by atomic mass is 9.94. The number of nitrogens with zero attached hydrogens (tertiary/aromatic N) is 1. The van der Waals surface area contributed by atoms with Crippen LogP contribution >= 0.6 is 11.3 Å². The van der Waals surface area contributed by atoms with Crippen LogP contribution in [0.1, 0.15) is 52.2 Å². The summed E-state index contributed by atoms with van der Waals surface area (Å²) in [5.74, 6) is 6.02. The van der Waals surface area contributed by atoms with Crippen LogP contribution in [-0.4, -0.2) is 30.4 Å². The molecule has 20 heavy (non-hydrogen) atoms. The second-order valence-corrected chi connectivity index (χ2v) is 6.39. The first-order chi connectivity index (χ1) is 9.63. The molecule has 0 aliphatic heterocycles. The van der Waals surface area contributed by atoms with Crippen molar-refractivity contribution in [3.05, 3.63) is 21.4 Å². The van der Waals surface area contributed by atoms with Crippen molar-refractivity contribution in [2.45, 2.75) is 45.1 Å². The maximum atomic E-state index is 12.5. The Labute approximate surface area is 125 Å². The van der Waals surface area contributed by atoms with Crippen LogP contribution in [0.4, 0.5) is 0 Å². The summed E-state index contributed by atoms with van der Waals surface area (Å²) in [5.41, 5.74) is 6.46. The van der Waals surface area contributed by atoms with Gasteiger partial charge in [-0.05, 0) is 31.4 Å². The number of carbonyl (C=O) groups excluding carboxylic acids is 1. The molecule has 0 radical (unpaired) electrons. The fourth-order valence-corrected chi connectivity index (χ4v) is 3.68. The molecule has 0 aromatic carbocycles. The second-order valence-electron chi connectivity index (χ2n) is 5.34. The summed E-state index contributed by atoms with van der Waals surface area (Å²) < 4.78 is 0. The highest BCUT2D eigenvalue weighted by molar-refractivity contribution is 7.14. The van der Waals surface area contributed by atoms with Crippen molar-refractivity contribution < 1.29 is 4.79 Å². The van der Waals surface area contributed by atoms with Gasteiger partial charge in [-0.2, -0.15) is 0 Å². The molecule has 108 valence electrons. The molecule has 1 aromatic rings. The van der Waals surface area contributed by atoms with E-state index in [0.717, 1.165) is 28.2 Å². The average Bonchev–Trinajstić information content (AvgIpc) is 2.85. The molecule has 1 aromatic heterocycles. The van der Waals surface area contributed by atoms with Crippen LogP contribution in [0, 0.1) is 18.8 Å². The van der Waals surface area contributed by atoms with Gasteiger partial charge in [0.15, 0.2) is 0 Å². The number of hydrogen-bond acceptors (Lipinski definition) is 3. The van der Waals surface area contributed by atoms with E-state index in [4.69, 9.17) is 5.73 Å². The van der Waals surface area contributed by atoms with Crippen LogP contribution in [-0.2, 0) is 0 Å². The lowest BCUT2D eigenvalue weighted by Crippen LogP contribution is -2.37. The van der Waals surface area contributed by atoms with Crippen molar-refractivity contribution >= 4 is 17.2 Å². The number of amides is 1. The standard InChI is InChI=1S/C16H22N2OS/c1-12-11-15(20-14(12)9-6-10-17)16(19)18(2)13-7-4-3-5-8-13/h11,13H,3-5,7-8,10,17H2,1-2H3. The van der Waals surface area contributed by atoms with E-state index in [9.17, 15) is 4.79 Å². The van der Waals surface area contributed by atoms with Gasteiger partial charge in [-0.25, -0.2) is 0 Å². The molecule has 1 saturated carbocycles. The minimum absolute atomic E-state index is 0.130. The molecular weight excluding hydrogens is 268 g/mol. The van der Waals surface area contributed by atoms with Gasteiger partial charge in [-0.15, -0.1) is 11.3 Å². The zero-order chi connectivity index (χ0) is 14.5. The first-order valence-electron chi connectivity index (χ1n) is 7.20. The Balaban J connectivity index is 2.12. The molecule has 3 nitrogen and oxygen atoms in total. The lowest BCUT2D eigenvalue weighted by molar-refractivity contribution is 0.0701. The van der Waals surface area contributed by atoms with E-state index in [1.165, 1.54) is 30.6 Å². The van der Waals surface area contributed by atoms with Crippen LogP contribution in [0.2, 0.25) is 0 Å². The minimum Gasteiger partial charge on any atom is -0.338 e. The van der Waals surface area contributed by atoms with Crippen LogP contribution in [0.3, 0.4) is 0 Å². The molecule has 0 saturated heterocycles. The predicted octanol–water partition coefficient (Wildman–Crippen LogP) is 2.77. The molecule has 0 unspecified atom stereocenters.